The van der Waals surface area contributed by atoms with Crippen molar-refractivity contribution in [2.45, 2.75) is 13.0 Å². The lowest BCUT2D eigenvalue weighted by molar-refractivity contribution is 0.307. The van der Waals surface area contributed by atoms with Crippen molar-refractivity contribution in [2.75, 3.05) is 13.2 Å². The Bertz CT molecular complexity index is 501. The summed E-state index contributed by atoms with van der Waals surface area (Å²) in [6.45, 7) is 3.64. The fraction of sp³-hybridized carbons (Fsp3) is 0.250. The first-order valence-electron chi connectivity index (χ1n) is 6.42. The molecule has 0 aliphatic carbocycles. The lowest BCUT2D eigenvalue weighted by Gasteiger charge is -2.14. The molecule has 2 aromatic rings. The molecule has 1 N–H and O–H groups in total. The van der Waals surface area contributed by atoms with E-state index < -0.39 is 0 Å². The van der Waals surface area contributed by atoms with Crippen LogP contribution in [0.5, 0.6) is 5.75 Å². The maximum absolute atomic E-state index is 5.68. The van der Waals surface area contributed by atoms with E-state index >= 15 is 0 Å². The Morgan fingerprint density at radius 1 is 1.11 bits per heavy atom. The normalized spacial score (nSPS) is 12.1. The lowest BCUT2D eigenvalue weighted by Crippen LogP contribution is -2.24. The Kier molecular flexibility index (Phi) is 5.43. The van der Waals surface area contributed by atoms with Gasteiger partial charge in [-0.1, -0.05) is 52.3 Å². The van der Waals surface area contributed by atoms with Gasteiger partial charge in [-0.15, -0.1) is 0 Å². The van der Waals surface area contributed by atoms with Gasteiger partial charge in [0.1, 0.15) is 12.4 Å². The molecule has 0 spiro atoms. The van der Waals surface area contributed by atoms with Gasteiger partial charge in [-0.3, -0.25) is 0 Å². The topological polar surface area (TPSA) is 21.3 Å². The predicted molar refractivity (Wildman–Crippen MR) is 82.5 cm³/mol. The van der Waals surface area contributed by atoms with Gasteiger partial charge in [0.25, 0.3) is 0 Å². The van der Waals surface area contributed by atoms with Gasteiger partial charge in [0.15, 0.2) is 0 Å². The molecule has 100 valence electrons. The van der Waals surface area contributed by atoms with E-state index in [4.69, 9.17) is 4.74 Å². The molecule has 0 saturated carbocycles. The van der Waals surface area contributed by atoms with Crippen molar-refractivity contribution in [3.8, 4) is 5.75 Å². The van der Waals surface area contributed by atoms with Gasteiger partial charge in [0.2, 0.25) is 0 Å². The van der Waals surface area contributed by atoms with Crippen molar-refractivity contribution in [3.63, 3.8) is 0 Å². The second-order valence-electron chi connectivity index (χ2n) is 4.39. The van der Waals surface area contributed by atoms with E-state index in [1.165, 1.54) is 5.56 Å². The van der Waals surface area contributed by atoms with Crippen LogP contribution in [0.3, 0.4) is 0 Å². The van der Waals surface area contributed by atoms with Crippen LogP contribution < -0.4 is 10.1 Å². The van der Waals surface area contributed by atoms with Crippen LogP contribution in [0.25, 0.3) is 0 Å². The first kappa shape index (κ1) is 14.1. The van der Waals surface area contributed by atoms with E-state index in [-0.39, 0.29) is 0 Å². The monoisotopic (exact) mass is 319 g/mol. The van der Waals surface area contributed by atoms with Crippen LogP contribution in [-0.4, -0.2) is 13.2 Å². The Hall–Kier alpha value is -1.32. The second-order valence-corrected chi connectivity index (χ2v) is 5.31. The minimum Gasteiger partial charge on any atom is -0.492 e. The quantitative estimate of drug-likeness (QED) is 0.806. The minimum absolute atomic E-state index is 0.340. The number of ether oxygens (including phenoxy) is 1. The summed E-state index contributed by atoms with van der Waals surface area (Å²) in [5.41, 5.74) is 1.30. The van der Waals surface area contributed by atoms with Crippen LogP contribution in [0.4, 0.5) is 0 Å². The molecule has 0 aliphatic heterocycles. The van der Waals surface area contributed by atoms with Crippen molar-refractivity contribution >= 4 is 15.9 Å². The van der Waals surface area contributed by atoms with Gasteiger partial charge in [-0.2, -0.15) is 0 Å². The highest BCUT2D eigenvalue weighted by Crippen LogP contribution is 2.17. The molecule has 0 unspecified atom stereocenters. The minimum atomic E-state index is 0.340. The third-order valence-corrected chi connectivity index (χ3v) is 3.41. The smallest absolute Gasteiger partial charge is 0.120 e. The van der Waals surface area contributed by atoms with Gasteiger partial charge in [0.05, 0.1) is 0 Å². The average Bonchev–Trinajstić information content (AvgIpc) is 2.44. The summed E-state index contributed by atoms with van der Waals surface area (Å²) in [7, 11) is 0. The molecule has 0 heterocycles. The molecule has 0 fully saturated rings. The second kappa shape index (κ2) is 7.31. The van der Waals surface area contributed by atoms with Gasteiger partial charge in [-0.05, 0) is 30.7 Å². The zero-order chi connectivity index (χ0) is 13.5. The summed E-state index contributed by atoms with van der Waals surface area (Å²) in [5, 5.41) is 3.45. The average molecular weight is 320 g/mol. The fourth-order valence-electron chi connectivity index (χ4n) is 1.86. The summed E-state index contributed by atoms with van der Waals surface area (Å²) in [5.74, 6) is 0.892. The molecule has 19 heavy (non-hydrogen) atoms. The Labute approximate surface area is 122 Å². The molecule has 2 nitrogen and oxygen atoms in total. The van der Waals surface area contributed by atoms with E-state index in [0.29, 0.717) is 12.6 Å². The molecule has 2 aromatic carbocycles. The zero-order valence-electron chi connectivity index (χ0n) is 11.0. The van der Waals surface area contributed by atoms with Crippen LogP contribution in [0.1, 0.15) is 18.5 Å². The molecule has 0 aromatic heterocycles. The molecule has 0 saturated heterocycles. The van der Waals surface area contributed by atoms with Crippen LogP contribution >= 0.6 is 15.9 Å². The summed E-state index contributed by atoms with van der Waals surface area (Å²) in [6.07, 6.45) is 0. The number of hydrogen-bond acceptors (Lipinski definition) is 2. The van der Waals surface area contributed by atoms with E-state index in [2.05, 4.69) is 52.4 Å². The van der Waals surface area contributed by atoms with E-state index in [1.807, 2.05) is 30.3 Å². The Morgan fingerprint density at radius 3 is 2.63 bits per heavy atom. The lowest BCUT2D eigenvalue weighted by atomic mass is 10.1. The van der Waals surface area contributed by atoms with E-state index in [0.717, 1.165) is 16.8 Å². The van der Waals surface area contributed by atoms with Crippen LogP contribution in [0, 0.1) is 0 Å². The summed E-state index contributed by atoms with van der Waals surface area (Å²) >= 11 is 3.43. The highest BCUT2D eigenvalue weighted by Gasteiger charge is 2.03. The summed E-state index contributed by atoms with van der Waals surface area (Å²) in [4.78, 5) is 0. The number of nitrogens with one attached hydrogen (secondary N) is 1. The molecule has 3 heteroatoms. The van der Waals surface area contributed by atoms with Crippen molar-refractivity contribution < 1.29 is 4.74 Å². The van der Waals surface area contributed by atoms with Gasteiger partial charge in [-0.25, -0.2) is 0 Å². The molecule has 1 atom stereocenters. The first-order chi connectivity index (χ1) is 9.25. The predicted octanol–water partition coefficient (Wildman–Crippen LogP) is 4.18. The Morgan fingerprint density at radius 2 is 1.89 bits per heavy atom. The van der Waals surface area contributed by atoms with Crippen LogP contribution in [0.15, 0.2) is 59.1 Å². The maximum Gasteiger partial charge on any atom is 0.120 e. The molecular formula is C16H18BrNO. The van der Waals surface area contributed by atoms with Gasteiger partial charge >= 0.3 is 0 Å². The van der Waals surface area contributed by atoms with Gasteiger partial charge in [0, 0.05) is 17.1 Å². The fourth-order valence-corrected chi connectivity index (χ4v) is 2.24. The standard InChI is InChI=1S/C16H18BrNO/c1-13(14-6-3-2-4-7-14)18-10-11-19-16-9-5-8-15(17)12-16/h2-9,12-13,18H,10-11H2,1H3/t13-/m1/s1. The number of benzene rings is 2. The number of rotatable bonds is 6. The molecular weight excluding hydrogens is 302 g/mol. The zero-order valence-corrected chi connectivity index (χ0v) is 12.6. The highest BCUT2D eigenvalue weighted by molar-refractivity contribution is 9.10. The van der Waals surface area contributed by atoms with Crippen molar-refractivity contribution in [1.29, 1.82) is 0 Å². The highest BCUT2D eigenvalue weighted by atomic mass is 79.9. The van der Waals surface area contributed by atoms with E-state index in [9.17, 15) is 0 Å². The SMILES string of the molecule is C[C@@H](NCCOc1cccc(Br)c1)c1ccccc1. The van der Waals surface area contributed by atoms with Crippen molar-refractivity contribution in [1.82, 2.24) is 5.32 Å². The number of hydrogen-bond donors (Lipinski definition) is 1. The summed E-state index contributed by atoms with van der Waals surface area (Å²) < 4.78 is 6.72. The van der Waals surface area contributed by atoms with Crippen molar-refractivity contribution in [3.05, 3.63) is 64.6 Å². The Balaban J connectivity index is 1.72. The van der Waals surface area contributed by atoms with Gasteiger partial charge < -0.3 is 10.1 Å². The molecule has 0 amide bonds. The maximum atomic E-state index is 5.68. The summed E-state index contributed by atoms with van der Waals surface area (Å²) in [6, 6.07) is 18.7. The van der Waals surface area contributed by atoms with Crippen LogP contribution in [-0.2, 0) is 0 Å². The van der Waals surface area contributed by atoms with E-state index in [1.54, 1.807) is 0 Å². The molecule has 0 radical (unpaired) electrons. The third kappa shape index (κ3) is 4.69. The first-order valence-corrected chi connectivity index (χ1v) is 7.22. The third-order valence-electron chi connectivity index (χ3n) is 2.92. The molecule has 0 bridgehead atoms. The number of halogens is 1. The van der Waals surface area contributed by atoms with Crippen LogP contribution in [0.2, 0.25) is 0 Å². The largest absolute Gasteiger partial charge is 0.492 e. The van der Waals surface area contributed by atoms with Crippen molar-refractivity contribution in [2.24, 2.45) is 0 Å². The molecule has 0 aliphatic rings. The molecule has 2 rings (SSSR count).